The van der Waals surface area contributed by atoms with Gasteiger partial charge in [-0.3, -0.25) is 0 Å². The lowest BCUT2D eigenvalue weighted by Crippen LogP contribution is -2.20. The normalized spacial score (nSPS) is 11.1. The van der Waals surface area contributed by atoms with Crippen molar-refractivity contribution in [3.63, 3.8) is 0 Å². The number of methoxy groups -OCH3 is 1. The molecule has 0 saturated heterocycles. The van der Waals surface area contributed by atoms with Crippen LogP contribution in [0.4, 0.5) is 13.2 Å². The number of hydrogen-bond donors (Lipinski definition) is 0. The Morgan fingerprint density at radius 1 is 1.35 bits per heavy atom. The first-order chi connectivity index (χ1) is 7.89. The zero-order valence-corrected chi connectivity index (χ0v) is 9.30. The highest BCUT2D eigenvalue weighted by Crippen LogP contribution is 2.31. The van der Waals surface area contributed by atoms with Gasteiger partial charge in [-0.1, -0.05) is 19.1 Å². The lowest BCUT2D eigenvalue weighted by Gasteiger charge is -2.15. The monoisotopic (exact) mass is 248 g/mol. The topological polar surface area (TPSA) is 35.5 Å². The largest absolute Gasteiger partial charge is 0.573 e. The molecular weight excluding hydrogens is 237 g/mol. The van der Waals surface area contributed by atoms with E-state index in [9.17, 15) is 18.0 Å². The van der Waals surface area contributed by atoms with E-state index in [1.54, 1.807) is 6.92 Å². The summed E-state index contributed by atoms with van der Waals surface area (Å²) in [6.07, 6.45) is -4.52. The lowest BCUT2D eigenvalue weighted by molar-refractivity contribution is -0.275. The number of benzene rings is 1. The van der Waals surface area contributed by atoms with Gasteiger partial charge in [-0.05, 0) is 18.1 Å². The summed E-state index contributed by atoms with van der Waals surface area (Å²) in [6, 6.07) is 4.17. The van der Waals surface area contributed by atoms with E-state index in [4.69, 9.17) is 0 Å². The summed E-state index contributed by atoms with van der Waals surface area (Å²) in [5.41, 5.74) is 0.0643. The molecule has 0 amide bonds. The van der Waals surface area contributed by atoms with Crippen LogP contribution in [0.1, 0.15) is 22.8 Å². The zero-order valence-electron chi connectivity index (χ0n) is 9.30. The molecule has 1 aromatic carbocycles. The summed E-state index contributed by atoms with van der Waals surface area (Å²) in [5.74, 6) is -1.35. The Balaban J connectivity index is 3.25. The van der Waals surface area contributed by atoms with Crippen molar-refractivity contribution >= 4 is 5.97 Å². The van der Waals surface area contributed by atoms with E-state index in [1.165, 1.54) is 18.2 Å². The van der Waals surface area contributed by atoms with Gasteiger partial charge in [0.1, 0.15) is 11.3 Å². The van der Waals surface area contributed by atoms with Gasteiger partial charge in [0.05, 0.1) is 7.11 Å². The minimum atomic E-state index is -4.84. The van der Waals surface area contributed by atoms with Crippen LogP contribution >= 0.6 is 0 Å². The van der Waals surface area contributed by atoms with Crippen molar-refractivity contribution < 1.29 is 27.4 Å². The van der Waals surface area contributed by atoms with Gasteiger partial charge in [0.15, 0.2) is 0 Å². The van der Waals surface area contributed by atoms with Gasteiger partial charge < -0.3 is 9.47 Å². The number of ether oxygens (including phenoxy) is 2. The Morgan fingerprint density at radius 3 is 2.47 bits per heavy atom. The highest BCUT2D eigenvalue weighted by atomic mass is 19.4. The maximum Gasteiger partial charge on any atom is 0.573 e. The number of carbonyl (C=O) groups is 1. The van der Waals surface area contributed by atoms with E-state index >= 15 is 0 Å². The molecule has 0 N–H and O–H groups in total. The highest BCUT2D eigenvalue weighted by Gasteiger charge is 2.34. The summed E-state index contributed by atoms with van der Waals surface area (Å²) in [4.78, 5) is 11.3. The first-order valence-corrected chi connectivity index (χ1v) is 4.85. The van der Waals surface area contributed by atoms with Crippen LogP contribution in [-0.2, 0) is 11.2 Å². The molecule has 0 aliphatic rings. The molecule has 0 saturated carbocycles. The van der Waals surface area contributed by atoms with E-state index in [-0.39, 0.29) is 5.56 Å². The minimum absolute atomic E-state index is 0.232. The molecule has 1 aromatic rings. The van der Waals surface area contributed by atoms with Gasteiger partial charge in [-0.15, -0.1) is 13.2 Å². The van der Waals surface area contributed by atoms with Crippen molar-refractivity contribution in [2.45, 2.75) is 19.7 Å². The molecule has 0 aliphatic carbocycles. The van der Waals surface area contributed by atoms with Crippen LogP contribution in [0.5, 0.6) is 5.75 Å². The van der Waals surface area contributed by atoms with Crippen molar-refractivity contribution in [2.24, 2.45) is 0 Å². The molecule has 94 valence electrons. The van der Waals surface area contributed by atoms with Crippen molar-refractivity contribution in [1.29, 1.82) is 0 Å². The van der Waals surface area contributed by atoms with Gasteiger partial charge >= 0.3 is 12.3 Å². The predicted octanol–water partition coefficient (Wildman–Crippen LogP) is 2.93. The maximum absolute atomic E-state index is 12.2. The fourth-order valence-electron chi connectivity index (χ4n) is 1.37. The number of esters is 1. The second-order valence-electron chi connectivity index (χ2n) is 3.19. The third-order valence-electron chi connectivity index (χ3n) is 2.10. The Morgan fingerprint density at radius 2 is 2.00 bits per heavy atom. The smallest absolute Gasteiger partial charge is 0.465 e. The number of halogens is 3. The number of aryl methyl sites for hydroxylation is 1. The molecule has 0 spiro atoms. The molecule has 3 nitrogen and oxygen atoms in total. The first kappa shape index (κ1) is 13.3. The van der Waals surface area contributed by atoms with Gasteiger partial charge in [0, 0.05) is 0 Å². The average molecular weight is 248 g/mol. The molecule has 0 atom stereocenters. The van der Waals surface area contributed by atoms with Gasteiger partial charge in [-0.25, -0.2) is 4.79 Å². The van der Waals surface area contributed by atoms with Crippen LogP contribution in [0.2, 0.25) is 0 Å². The molecule has 0 radical (unpaired) electrons. The number of carbonyl (C=O) groups excluding carboxylic acids is 1. The molecular formula is C11H11F3O3. The lowest BCUT2D eigenvalue weighted by atomic mass is 10.1. The Hall–Kier alpha value is -1.72. The second-order valence-corrected chi connectivity index (χ2v) is 3.19. The van der Waals surface area contributed by atoms with Gasteiger partial charge in [0.2, 0.25) is 0 Å². The Labute approximate surface area is 96.1 Å². The third kappa shape index (κ3) is 3.37. The summed E-state index contributed by atoms with van der Waals surface area (Å²) in [5, 5.41) is 0. The standard InChI is InChI=1S/C11H11F3O3/c1-3-7-5-4-6-8(10(15)16-2)9(7)17-11(12,13)14/h4-6H,3H2,1-2H3. The Bertz CT molecular complexity index is 413. The van der Waals surface area contributed by atoms with Crippen LogP contribution in [0, 0.1) is 0 Å². The number of rotatable bonds is 3. The molecule has 0 fully saturated rings. The SMILES string of the molecule is CCc1cccc(C(=O)OC)c1OC(F)(F)F. The Kier molecular flexibility index (Phi) is 3.98. The van der Waals surface area contributed by atoms with E-state index < -0.39 is 18.1 Å². The van der Waals surface area contributed by atoms with Crippen molar-refractivity contribution in [3.05, 3.63) is 29.3 Å². The van der Waals surface area contributed by atoms with Crippen LogP contribution in [0.25, 0.3) is 0 Å². The molecule has 6 heteroatoms. The number of hydrogen-bond acceptors (Lipinski definition) is 3. The molecule has 1 rings (SSSR count). The van der Waals surface area contributed by atoms with Crippen molar-refractivity contribution in [2.75, 3.05) is 7.11 Å². The van der Waals surface area contributed by atoms with E-state index in [2.05, 4.69) is 9.47 Å². The fraction of sp³-hybridized carbons (Fsp3) is 0.364. The third-order valence-corrected chi connectivity index (χ3v) is 2.10. The molecule has 0 unspecified atom stereocenters. The summed E-state index contributed by atoms with van der Waals surface area (Å²) in [7, 11) is 1.10. The van der Waals surface area contributed by atoms with E-state index in [0.717, 1.165) is 7.11 Å². The molecule has 0 aromatic heterocycles. The summed E-state index contributed by atoms with van der Waals surface area (Å²) in [6.45, 7) is 1.67. The van der Waals surface area contributed by atoms with Crippen LogP contribution in [0.15, 0.2) is 18.2 Å². The van der Waals surface area contributed by atoms with Crippen LogP contribution in [0.3, 0.4) is 0 Å². The van der Waals surface area contributed by atoms with Crippen molar-refractivity contribution in [3.8, 4) is 5.75 Å². The van der Waals surface area contributed by atoms with E-state index in [1.807, 2.05) is 0 Å². The second kappa shape index (κ2) is 5.07. The molecule has 0 aliphatic heterocycles. The van der Waals surface area contributed by atoms with Gasteiger partial charge in [-0.2, -0.15) is 0 Å². The predicted molar refractivity (Wildman–Crippen MR) is 53.8 cm³/mol. The fourth-order valence-corrected chi connectivity index (χ4v) is 1.37. The number of para-hydroxylation sites is 1. The molecule has 17 heavy (non-hydrogen) atoms. The van der Waals surface area contributed by atoms with Crippen LogP contribution < -0.4 is 4.74 Å². The number of alkyl halides is 3. The van der Waals surface area contributed by atoms with Crippen molar-refractivity contribution in [1.82, 2.24) is 0 Å². The van der Waals surface area contributed by atoms with E-state index in [0.29, 0.717) is 12.0 Å². The molecule has 0 bridgehead atoms. The van der Waals surface area contributed by atoms with Gasteiger partial charge in [0.25, 0.3) is 0 Å². The maximum atomic E-state index is 12.2. The minimum Gasteiger partial charge on any atom is -0.465 e. The zero-order chi connectivity index (χ0) is 13.1. The average Bonchev–Trinajstić information content (AvgIpc) is 2.26. The summed E-state index contributed by atoms with van der Waals surface area (Å²) >= 11 is 0. The summed E-state index contributed by atoms with van der Waals surface area (Å²) < 4.78 is 45.0. The quantitative estimate of drug-likeness (QED) is 0.771. The first-order valence-electron chi connectivity index (χ1n) is 4.85. The molecule has 0 heterocycles. The van der Waals surface area contributed by atoms with Crippen LogP contribution in [-0.4, -0.2) is 19.4 Å². The highest BCUT2D eigenvalue weighted by molar-refractivity contribution is 5.93.